The Labute approximate surface area is 91.6 Å². The van der Waals surface area contributed by atoms with Gasteiger partial charge in [0.2, 0.25) is 5.91 Å². The molecule has 1 unspecified atom stereocenters. The van der Waals surface area contributed by atoms with Crippen LogP contribution in [0, 0.1) is 0 Å². The molecule has 1 rings (SSSR count). The Morgan fingerprint density at radius 3 is 2.47 bits per heavy atom. The van der Waals surface area contributed by atoms with E-state index >= 15 is 0 Å². The monoisotopic (exact) mass is 214 g/mol. The molecule has 0 spiro atoms. The minimum Gasteiger partial charge on any atom is -0.394 e. The molecule has 88 valence electrons. The number of carbonyl (C=O) groups excluding carboxylic acids is 1. The summed E-state index contributed by atoms with van der Waals surface area (Å²) in [7, 11) is 0. The number of aliphatic hydroxyl groups excluding tert-OH is 1. The zero-order chi connectivity index (χ0) is 11.5. The number of carbonyl (C=O) groups is 1. The highest BCUT2D eigenvalue weighted by Crippen LogP contribution is 2.10. The molecule has 1 atom stereocenters. The van der Waals surface area contributed by atoms with Crippen LogP contribution in [0.4, 0.5) is 0 Å². The molecule has 1 aliphatic heterocycles. The van der Waals surface area contributed by atoms with Crippen LogP contribution >= 0.6 is 0 Å². The van der Waals surface area contributed by atoms with Gasteiger partial charge in [-0.05, 0) is 33.6 Å². The average Bonchev–Trinajstić information content (AvgIpc) is 2.68. The van der Waals surface area contributed by atoms with Gasteiger partial charge in [0.25, 0.3) is 0 Å². The first kappa shape index (κ1) is 12.5. The summed E-state index contributed by atoms with van der Waals surface area (Å²) in [5.41, 5.74) is -0.394. The van der Waals surface area contributed by atoms with Crippen LogP contribution in [0.3, 0.4) is 0 Å². The van der Waals surface area contributed by atoms with Crippen LogP contribution in [-0.2, 0) is 4.79 Å². The molecule has 1 saturated heterocycles. The van der Waals surface area contributed by atoms with Crippen molar-refractivity contribution >= 4 is 5.91 Å². The molecule has 0 saturated carbocycles. The lowest BCUT2D eigenvalue weighted by atomic mass is 10.1. The first-order chi connectivity index (χ1) is 6.96. The zero-order valence-corrected chi connectivity index (χ0v) is 9.92. The Bertz CT molecular complexity index is 223. The fourth-order valence-corrected chi connectivity index (χ4v) is 1.90. The number of aliphatic hydroxyl groups is 1. The smallest absolute Gasteiger partial charge is 0.239 e. The van der Waals surface area contributed by atoms with E-state index < -0.39 is 5.54 Å². The molecule has 0 aromatic heterocycles. The molecule has 1 heterocycles. The predicted octanol–water partition coefficient (Wildman–Crippen LogP) is 0.358. The second-order valence-electron chi connectivity index (χ2n) is 4.94. The van der Waals surface area contributed by atoms with Crippen LogP contribution in [0.1, 0.15) is 33.6 Å². The highest BCUT2D eigenvalue weighted by Gasteiger charge is 2.27. The van der Waals surface area contributed by atoms with E-state index in [4.69, 9.17) is 5.11 Å². The maximum atomic E-state index is 11.9. The van der Waals surface area contributed by atoms with Crippen LogP contribution < -0.4 is 5.32 Å². The van der Waals surface area contributed by atoms with Crippen molar-refractivity contribution < 1.29 is 9.90 Å². The Kier molecular flexibility index (Phi) is 4.11. The third kappa shape index (κ3) is 3.47. The number of likely N-dealkylation sites (tertiary alicyclic amines) is 1. The molecule has 0 radical (unpaired) electrons. The molecule has 0 aromatic carbocycles. The summed E-state index contributed by atoms with van der Waals surface area (Å²) in [6.07, 6.45) is 2.23. The summed E-state index contributed by atoms with van der Waals surface area (Å²) in [6, 6.07) is -0.217. The average molecular weight is 214 g/mol. The Balaban J connectivity index is 2.45. The van der Waals surface area contributed by atoms with Crippen molar-refractivity contribution in [3.05, 3.63) is 0 Å². The molecule has 0 bridgehead atoms. The van der Waals surface area contributed by atoms with E-state index in [9.17, 15) is 4.79 Å². The molecule has 0 aliphatic carbocycles. The predicted molar refractivity (Wildman–Crippen MR) is 59.6 cm³/mol. The highest BCUT2D eigenvalue weighted by atomic mass is 16.3. The molecule has 1 fully saturated rings. The molecular weight excluding hydrogens is 192 g/mol. The maximum Gasteiger partial charge on any atom is 0.239 e. The molecule has 15 heavy (non-hydrogen) atoms. The quantitative estimate of drug-likeness (QED) is 0.710. The topological polar surface area (TPSA) is 52.6 Å². The SMILES string of the molecule is CC(NC(C)(C)CO)C(=O)N1CCCC1. The van der Waals surface area contributed by atoms with Crippen molar-refractivity contribution in [1.82, 2.24) is 10.2 Å². The lowest BCUT2D eigenvalue weighted by molar-refractivity contribution is -0.132. The van der Waals surface area contributed by atoms with Crippen molar-refractivity contribution in [2.24, 2.45) is 0 Å². The third-order valence-electron chi connectivity index (χ3n) is 2.79. The van der Waals surface area contributed by atoms with E-state index in [1.807, 2.05) is 25.7 Å². The largest absolute Gasteiger partial charge is 0.394 e. The summed E-state index contributed by atoms with van der Waals surface area (Å²) in [5, 5.41) is 12.2. The van der Waals surface area contributed by atoms with Gasteiger partial charge < -0.3 is 10.0 Å². The second-order valence-corrected chi connectivity index (χ2v) is 4.94. The van der Waals surface area contributed by atoms with Gasteiger partial charge in [0.1, 0.15) is 0 Å². The standard InChI is InChI=1S/C11H22N2O2/c1-9(12-11(2,3)8-14)10(15)13-6-4-5-7-13/h9,12,14H,4-8H2,1-3H3. The summed E-state index contributed by atoms with van der Waals surface area (Å²) in [6.45, 7) is 7.43. The molecule has 4 heteroatoms. The van der Waals surface area contributed by atoms with Gasteiger partial charge in [-0.3, -0.25) is 10.1 Å². The van der Waals surface area contributed by atoms with Gasteiger partial charge in [0, 0.05) is 18.6 Å². The zero-order valence-electron chi connectivity index (χ0n) is 9.92. The van der Waals surface area contributed by atoms with Crippen molar-refractivity contribution in [3.63, 3.8) is 0 Å². The number of amides is 1. The third-order valence-corrected chi connectivity index (χ3v) is 2.79. The van der Waals surface area contributed by atoms with E-state index in [1.54, 1.807) is 0 Å². The Hall–Kier alpha value is -0.610. The van der Waals surface area contributed by atoms with Crippen molar-refractivity contribution in [3.8, 4) is 0 Å². The lowest BCUT2D eigenvalue weighted by Crippen LogP contribution is -2.53. The molecule has 1 amide bonds. The fraction of sp³-hybridized carbons (Fsp3) is 0.909. The number of hydrogen-bond acceptors (Lipinski definition) is 3. The fourth-order valence-electron chi connectivity index (χ4n) is 1.90. The van der Waals surface area contributed by atoms with Crippen LogP contribution in [0.15, 0.2) is 0 Å². The number of hydrogen-bond donors (Lipinski definition) is 2. The van der Waals surface area contributed by atoms with Crippen LogP contribution in [-0.4, -0.2) is 47.2 Å². The molecule has 1 aliphatic rings. The van der Waals surface area contributed by atoms with Gasteiger partial charge in [-0.15, -0.1) is 0 Å². The van der Waals surface area contributed by atoms with Gasteiger partial charge in [0.05, 0.1) is 12.6 Å². The molecular formula is C11H22N2O2. The summed E-state index contributed by atoms with van der Waals surface area (Å²) in [4.78, 5) is 13.8. The van der Waals surface area contributed by atoms with Gasteiger partial charge in [-0.2, -0.15) is 0 Å². The first-order valence-electron chi connectivity index (χ1n) is 5.63. The lowest BCUT2D eigenvalue weighted by Gasteiger charge is -2.29. The molecule has 4 nitrogen and oxygen atoms in total. The van der Waals surface area contributed by atoms with Gasteiger partial charge in [-0.1, -0.05) is 0 Å². The summed E-state index contributed by atoms with van der Waals surface area (Å²) >= 11 is 0. The van der Waals surface area contributed by atoms with E-state index in [0.717, 1.165) is 25.9 Å². The number of rotatable bonds is 4. The van der Waals surface area contributed by atoms with E-state index in [2.05, 4.69) is 5.32 Å². The number of nitrogens with zero attached hydrogens (tertiary/aromatic N) is 1. The van der Waals surface area contributed by atoms with Crippen LogP contribution in [0.5, 0.6) is 0 Å². The van der Waals surface area contributed by atoms with E-state index in [-0.39, 0.29) is 18.6 Å². The maximum absolute atomic E-state index is 11.9. The van der Waals surface area contributed by atoms with Gasteiger partial charge in [-0.25, -0.2) is 0 Å². The first-order valence-corrected chi connectivity index (χ1v) is 5.63. The Morgan fingerprint density at radius 2 is 2.00 bits per heavy atom. The number of nitrogens with one attached hydrogen (secondary N) is 1. The van der Waals surface area contributed by atoms with Gasteiger partial charge >= 0.3 is 0 Å². The minimum absolute atomic E-state index is 0.0324. The normalized spacial score (nSPS) is 19.3. The van der Waals surface area contributed by atoms with E-state index in [0.29, 0.717) is 0 Å². The van der Waals surface area contributed by atoms with Crippen LogP contribution in [0.25, 0.3) is 0 Å². The van der Waals surface area contributed by atoms with Crippen molar-refractivity contribution in [2.75, 3.05) is 19.7 Å². The van der Waals surface area contributed by atoms with Crippen molar-refractivity contribution in [2.45, 2.75) is 45.2 Å². The second kappa shape index (κ2) is 4.94. The van der Waals surface area contributed by atoms with Gasteiger partial charge in [0.15, 0.2) is 0 Å². The summed E-state index contributed by atoms with van der Waals surface area (Å²) < 4.78 is 0. The van der Waals surface area contributed by atoms with E-state index in [1.165, 1.54) is 0 Å². The van der Waals surface area contributed by atoms with Crippen molar-refractivity contribution in [1.29, 1.82) is 0 Å². The molecule has 2 N–H and O–H groups in total. The molecule has 0 aromatic rings. The van der Waals surface area contributed by atoms with Crippen LogP contribution in [0.2, 0.25) is 0 Å². The summed E-state index contributed by atoms with van der Waals surface area (Å²) in [5.74, 6) is 0.147. The minimum atomic E-state index is -0.394. The highest BCUT2D eigenvalue weighted by molar-refractivity contribution is 5.81. The Morgan fingerprint density at radius 1 is 1.47 bits per heavy atom.